The predicted molar refractivity (Wildman–Crippen MR) is 106 cm³/mol. The minimum Gasteiger partial charge on any atom is -0.493 e. The van der Waals surface area contributed by atoms with E-state index in [1.54, 1.807) is 24.3 Å². The first kappa shape index (κ1) is 21.2. The fourth-order valence-electron chi connectivity index (χ4n) is 2.65. The van der Waals surface area contributed by atoms with E-state index in [0.717, 1.165) is 18.4 Å². The number of ether oxygens (including phenoxy) is 3. The summed E-state index contributed by atoms with van der Waals surface area (Å²) < 4.78 is 29.0. The van der Waals surface area contributed by atoms with E-state index in [4.69, 9.17) is 14.2 Å². The normalized spacial score (nSPS) is 11.1. The molecular formula is C21H25FN2O4. The second-order valence-corrected chi connectivity index (χ2v) is 6.02. The lowest BCUT2D eigenvalue weighted by molar-refractivity contribution is 0.0954. The molecule has 0 aromatic heterocycles. The second kappa shape index (κ2) is 10.3. The molecule has 0 heterocycles. The number of carbonyl (C=O) groups excluding carboxylic acids is 1. The number of hydrazone groups is 1. The number of rotatable bonds is 9. The van der Waals surface area contributed by atoms with Crippen molar-refractivity contribution < 1.29 is 23.4 Å². The number of amides is 1. The topological polar surface area (TPSA) is 69.2 Å². The van der Waals surface area contributed by atoms with Gasteiger partial charge in [-0.05, 0) is 42.7 Å². The summed E-state index contributed by atoms with van der Waals surface area (Å²) in [6, 6.07) is 9.14. The van der Waals surface area contributed by atoms with Crippen molar-refractivity contribution >= 4 is 11.6 Å². The number of nitrogens with one attached hydrogen (secondary N) is 1. The van der Waals surface area contributed by atoms with Gasteiger partial charge >= 0.3 is 0 Å². The van der Waals surface area contributed by atoms with Crippen molar-refractivity contribution in [1.82, 2.24) is 5.43 Å². The molecule has 28 heavy (non-hydrogen) atoms. The first-order valence-corrected chi connectivity index (χ1v) is 8.96. The Hall–Kier alpha value is -3.09. The van der Waals surface area contributed by atoms with Crippen LogP contribution >= 0.6 is 0 Å². The molecule has 7 heteroatoms. The van der Waals surface area contributed by atoms with Gasteiger partial charge in [-0.25, -0.2) is 9.82 Å². The predicted octanol–water partition coefficient (Wildman–Crippen LogP) is 4.18. The molecule has 0 atom stereocenters. The average molecular weight is 388 g/mol. The SMILES string of the molecule is CCCC/C(=N/NC(=O)c1cc(OC)c(OC)c(OC)c1)c1ccc(F)cc1. The monoisotopic (exact) mass is 388 g/mol. The molecule has 0 saturated carbocycles. The van der Waals surface area contributed by atoms with Crippen LogP contribution < -0.4 is 19.6 Å². The van der Waals surface area contributed by atoms with Crippen molar-refractivity contribution in [1.29, 1.82) is 0 Å². The highest BCUT2D eigenvalue weighted by Crippen LogP contribution is 2.38. The van der Waals surface area contributed by atoms with E-state index < -0.39 is 5.91 Å². The first-order valence-electron chi connectivity index (χ1n) is 8.96. The zero-order valence-electron chi connectivity index (χ0n) is 16.5. The molecule has 0 aliphatic rings. The zero-order valence-corrected chi connectivity index (χ0v) is 16.5. The van der Waals surface area contributed by atoms with Crippen LogP contribution in [0.15, 0.2) is 41.5 Å². The summed E-state index contributed by atoms with van der Waals surface area (Å²) in [7, 11) is 4.45. The number of hydrogen-bond donors (Lipinski definition) is 1. The van der Waals surface area contributed by atoms with Gasteiger partial charge in [-0.3, -0.25) is 4.79 Å². The van der Waals surface area contributed by atoms with Gasteiger partial charge in [-0.2, -0.15) is 5.10 Å². The van der Waals surface area contributed by atoms with E-state index in [1.807, 2.05) is 0 Å². The van der Waals surface area contributed by atoms with Gasteiger partial charge in [0, 0.05) is 5.56 Å². The highest BCUT2D eigenvalue weighted by molar-refractivity contribution is 6.02. The van der Waals surface area contributed by atoms with Gasteiger partial charge in [0.1, 0.15) is 5.82 Å². The largest absolute Gasteiger partial charge is 0.493 e. The molecule has 0 saturated heterocycles. The molecule has 0 aliphatic carbocycles. The van der Waals surface area contributed by atoms with Crippen molar-refractivity contribution in [3.05, 3.63) is 53.3 Å². The third-order valence-corrected chi connectivity index (χ3v) is 4.16. The van der Waals surface area contributed by atoms with Crippen molar-refractivity contribution in [3.63, 3.8) is 0 Å². The molecule has 0 unspecified atom stereocenters. The minimum atomic E-state index is -0.421. The lowest BCUT2D eigenvalue weighted by Gasteiger charge is -2.13. The molecule has 150 valence electrons. The molecule has 1 amide bonds. The standard InChI is InChI=1S/C21H25FN2O4/c1-5-6-7-17(14-8-10-16(22)11-9-14)23-24-21(25)15-12-18(26-2)20(28-4)19(13-15)27-3/h8-13H,5-7H2,1-4H3,(H,24,25)/b23-17-. The van der Waals surface area contributed by atoms with Gasteiger partial charge < -0.3 is 14.2 Å². The van der Waals surface area contributed by atoms with Gasteiger partial charge in [-0.1, -0.05) is 25.5 Å². The number of methoxy groups -OCH3 is 3. The molecule has 2 rings (SSSR count). The van der Waals surface area contributed by atoms with E-state index in [2.05, 4.69) is 17.5 Å². The minimum absolute atomic E-state index is 0.312. The number of nitrogens with zero attached hydrogens (tertiary/aromatic N) is 1. The molecule has 1 N–H and O–H groups in total. The number of carbonyl (C=O) groups is 1. The molecule has 0 aliphatic heterocycles. The van der Waals surface area contributed by atoms with Crippen LogP contribution in [0.4, 0.5) is 4.39 Å². The van der Waals surface area contributed by atoms with Crippen LogP contribution in [0.5, 0.6) is 17.2 Å². The van der Waals surface area contributed by atoms with Crippen molar-refractivity contribution in [2.75, 3.05) is 21.3 Å². The third kappa shape index (κ3) is 5.22. The highest BCUT2D eigenvalue weighted by atomic mass is 19.1. The van der Waals surface area contributed by atoms with Crippen molar-refractivity contribution in [2.45, 2.75) is 26.2 Å². The van der Waals surface area contributed by atoms with Crippen LogP contribution in [-0.2, 0) is 0 Å². The Labute approximate surface area is 164 Å². The van der Waals surface area contributed by atoms with Crippen LogP contribution in [-0.4, -0.2) is 32.9 Å². The molecule has 6 nitrogen and oxygen atoms in total. The summed E-state index contributed by atoms with van der Waals surface area (Å²) in [6.07, 6.45) is 2.54. The third-order valence-electron chi connectivity index (χ3n) is 4.16. The van der Waals surface area contributed by atoms with E-state index in [9.17, 15) is 9.18 Å². The number of hydrogen-bond acceptors (Lipinski definition) is 5. The van der Waals surface area contributed by atoms with Gasteiger partial charge in [0.25, 0.3) is 5.91 Å². The highest BCUT2D eigenvalue weighted by Gasteiger charge is 2.17. The Balaban J connectivity index is 2.28. The van der Waals surface area contributed by atoms with E-state index in [1.165, 1.54) is 33.5 Å². The lowest BCUT2D eigenvalue weighted by atomic mass is 10.0. The maximum Gasteiger partial charge on any atom is 0.271 e. The van der Waals surface area contributed by atoms with Crippen LogP contribution in [0.25, 0.3) is 0 Å². The fourth-order valence-corrected chi connectivity index (χ4v) is 2.65. The fraction of sp³-hybridized carbons (Fsp3) is 0.333. The maximum atomic E-state index is 13.2. The summed E-state index contributed by atoms with van der Waals surface area (Å²) in [4.78, 5) is 12.6. The first-order chi connectivity index (χ1) is 13.5. The van der Waals surface area contributed by atoms with Gasteiger partial charge in [0.15, 0.2) is 11.5 Å². The molecule has 0 fully saturated rings. The second-order valence-electron chi connectivity index (χ2n) is 6.02. The quantitative estimate of drug-likeness (QED) is 0.517. The van der Waals surface area contributed by atoms with E-state index in [-0.39, 0.29) is 5.82 Å². The van der Waals surface area contributed by atoms with E-state index in [0.29, 0.717) is 34.9 Å². The zero-order chi connectivity index (χ0) is 20.5. The Morgan fingerprint density at radius 3 is 2.11 bits per heavy atom. The number of unbranched alkanes of at least 4 members (excludes halogenated alkanes) is 1. The van der Waals surface area contributed by atoms with Crippen LogP contribution in [0.3, 0.4) is 0 Å². The Bertz CT molecular complexity index is 810. The van der Waals surface area contributed by atoms with Crippen LogP contribution in [0, 0.1) is 5.82 Å². The Morgan fingerprint density at radius 2 is 1.61 bits per heavy atom. The average Bonchev–Trinajstić information content (AvgIpc) is 2.73. The molecule has 0 bridgehead atoms. The molecule has 2 aromatic rings. The van der Waals surface area contributed by atoms with E-state index >= 15 is 0 Å². The molecule has 0 spiro atoms. The molecule has 0 radical (unpaired) electrons. The van der Waals surface area contributed by atoms with Crippen molar-refractivity contribution in [3.8, 4) is 17.2 Å². The maximum absolute atomic E-state index is 13.2. The summed E-state index contributed by atoms with van der Waals surface area (Å²) in [6.45, 7) is 2.07. The van der Waals surface area contributed by atoms with Crippen LogP contribution in [0.2, 0.25) is 0 Å². The van der Waals surface area contributed by atoms with Gasteiger partial charge in [0.05, 0.1) is 27.0 Å². The van der Waals surface area contributed by atoms with Crippen LogP contribution in [0.1, 0.15) is 42.1 Å². The summed E-state index contributed by atoms with van der Waals surface area (Å²) >= 11 is 0. The lowest BCUT2D eigenvalue weighted by Crippen LogP contribution is -2.20. The Kier molecular flexibility index (Phi) is 7.80. The van der Waals surface area contributed by atoms with Gasteiger partial charge in [-0.15, -0.1) is 0 Å². The molecule has 2 aromatic carbocycles. The smallest absolute Gasteiger partial charge is 0.271 e. The summed E-state index contributed by atoms with van der Waals surface area (Å²) in [5.74, 6) is 0.414. The molecular weight excluding hydrogens is 363 g/mol. The van der Waals surface area contributed by atoms with Gasteiger partial charge in [0.2, 0.25) is 5.75 Å². The summed E-state index contributed by atoms with van der Waals surface area (Å²) in [5, 5.41) is 4.27. The number of benzene rings is 2. The number of halogens is 1. The Morgan fingerprint density at radius 1 is 1.00 bits per heavy atom. The van der Waals surface area contributed by atoms with Crippen molar-refractivity contribution in [2.24, 2.45) is 5.10 Å². The summed E-state index contributed by atoms with van der Waals surface area (Å²) in [5.41, 5.74) is 4.32.